The summed E-state index contributed by atoms with van der Waals surface area (Å²) >= 11 is 0. The van der Waals surface area contributed by atoms with Crippen LogP contribution < -0.4 is 29.6 Å². The highest BCUT2D eigenvalue weighted by Gasteiger charge is 2.21. The lowest BCUT2D eigenvalue weighted by Crippen LogP contribution is -2.33. The van der Waals surface area contributed by atoms with Crippen molar-refractivity contribution in [2.75, 3.05) is 32.2 Å². The summed E-state index contributed by atoms with van der Waals surface area (Å²) < 4.78 is 58.3. The molecule has 0 saturated carbocycles. The Morgan fingerprint density at radius 2 is 1.68 bits per heavy atom. The van der Waals surface area contributed by atoms with Crippen LogP contribution in [0.3, 0.4) is 0 Å². The Labute approximate surface area is 287 Å². The monoisotopic (exact) mass is 689 g/mol. The van der Waals surface area contributed by atoms with Crippen LogP contribution in [0.2, 0.25) is 0 Å². The lowest BCUT2D eigenvalue weighted by atomic mass is 10.1. The average Bonchev–Trinajstić information content (AvgIpc) is 3.49. The third-order valence-corrected chi connectivity index (χ3v) is 6.93. The molecule has 2 N–H and O–H groups in total. The molecular weight excluding hydrogens is 652 g/mol. The summed E-state index contributed by atoms with van der Waals surface area (Å²) in [6.45, 7) is 8.04. The third kappa shape index (κ3) is 8.95. The number of nitrogens with one attached hydrogen (secondary N) is 2. The number of nitrogens with zero attached hydrogens (tertiary/aromatic N) is 3. The molecule has 0 fully saturated rings. The molecule has 0 aliphatic carbocycles. The Morgan fingerprint density at radius 1 is 0.900 bits per heavy atom. The molecular formula is C36H37F2N5O7. The Morgan fingerprint density at radius 3 is 2.38 bits per heavy atom. The second-order valence-corrected chi connectivity index (χ2v) is 11.9. The number of benzene rings is 3. The summed E-state index contributed by atoms with van der Waals surface area (Å²) in [5.74, 6) is -0.515. The fourth-order valence-corrected chi connectivity index (χ4v) is 4.72. The number of halogens is 2. The molecule has 2 heterocycles. The minimum atomic E-state index is -0.735. The van der Waals surface area contributed by atoms with E-state index in [4.69, 9.17) is 23.7 Å². The van der Waals surface area contributed by atoms with E-state index in [9.17, 15) is 14.0 Å². The lowest BCUT2D eigenvalue weighted by molar-refractivity contribution is 0.0525. The number of ether oxygens (including phenoxy) is 5. The van der Waals surface area contributed by atoms with Crippen molar-refractivity contribution in [3.8, 4) is 34.4 Å². The van der Waals surface area contributed by atoms with Gasteiger partial charge in [-0.1, -0.05) is 0 Å². The van der Waals surface area contributed by atoms with Crippen molar-refractivity contribution in [2.45, 2.75) is 39.7 Å². The van der Waals surface area contributed by atoms with Gasteiger partial charge in [0.2, 0.25) is 0 Å². The van der Waals surface area contributed by atoms with E-state index in [-0.39, 0.29) is 36.1 Å². The highest BCUT2D eigenvalue weighted by atomic mass is 19.1. The molecule has 0 spiro atoms. The third-order valence-electron chi connectivity index (χ3n) is 6.93. The molecule has 0 unspecified atom stereocenters. The van der Waals surface area contributed by atoms with Crippen molar-refractivity contribution < 1.29 is 42.1 Å². The minimum absolute atomic E-state index is 0.0325. The average molecular weight is 690 g/mol. The van der Waals surface area contributed by atoms with Gasteiger partial charge in [0.15, 0.2) is 34.5 Å². The van der Waals surface area contributed by atoms with Crippen LogP contribution in [0.25, 0.3) is 16.6 Å². The molecule has 0 bridgehead atoms. The Hall–Kier alpha value is -5.92. The first kappa shape index (κ1) is 35.4. The number of amides is 2. The van der Waals surface area contributed by atoms with Gasteiger partial charge >= 0.3 is 6.09 Å². The zero-order valence-electron chi connectivity index (χ0n) is 28.2. The molecule has 0 atom stereocenters. The molecule has 50 heavy (non-hydrogen) atoms. The summed E-state index contributed by atoms with van der Waals surface area (Å²) in [4.78, 5) is 29.4. The number of pyridine rings is 1. The van der Waals surface area contributed by atoms with Gasteiger partial charge in [-0.25, -0.2) is 18.3 Å². The van der Waals surface area contributed by atoms with Gasteiger partial charge in [-0.2, -0.15) is 5.10 Å². The smallest absolute Gasteiger partial charge is 0.407 e. The number of hydrogen-bond donors (Lipinski definition) is 2. The standard InChI is InChI=1S/C36H37F2N5O7/c1-6-47-32-21-43(24-11-8-22(37)9-12-24)42-33(32)34(44)41-23-10-13-29(26(38)18-23)49-28-14-16-39-27-20-31(30(46-5)19-25(27)28)48-17-7-15-40-35(45)50-36(2,3)4/h8-14,16,18-21H,6-7,15,17H2,1-5H3,(H,40,45)(H,41,44). The first-order valence-electron chi connectivity index (χ1n) is 15.8. The first-order valence-corrected chi connectivity index (χ1v) is 15.8. The summed E-state index contributed by atoms with van der Waals surface area (Å²) in [5.41, 5.74) is 0.573. The van der Waals surface area contributed by atoms with Crippen LogP contribution >= 0.6 is 0 Å². The van der Waals surface area contributed by atoms with Crippen LogP contribution in [0, 0.1) is 11.6 Å². The van der Waals surface area contributed by atoms with Crippen molar-refractivity contribution in [2.24, 2.45) is 0 Å². The zero-order chi connectivity index (χ0) is 35.8. The number of carbonyl (C=O) groups excluding carboxylic acids is 2. The number of hydrogen-bond acceptors (Lipinski definition) is 9. The topological polar surface area (TPSA) is 135 Å². The van der Waals surface area contributed by atoms with Crippen molar-refractivity contribution in [1.82, 2.24) is 20.1 Å². The molecule has 262 valence electrons. The molecule has 5 aromatic rings. The van der Waals surface area contributed by atoms with E-state index < -0.39 is 29.2 Å². The van der Waals surface area contributed by atoms with E-state index in [1.165, 1.54) is 60.6 Å². The Bertz CT molecular complexity index is 1980. The zero-order valence-corrected chi connectivity index (χ0v) is 28.2. The second kappa shape index (κ2) is 15.5. The van der Waals surface area contributed by atoms with Crippen LogP contribution in [0.5, 0.6) is 28.7 Å². The predicted octanol–water partition coefficient (Wildman–Crippen LogP) is 7.44. The first-order chi connectivity index (χ1) is 23.9. The largest absolute Gasteiger partial charge is 0.493 e. The Kier molecular flexibility index (Phi) is 11.0. The number of anilines is 1. The van der Waals surface area contributed by atoms with Crippen LogP contribution in [0.15, 0.2) is 73.1 Å². The molecule has 14 heteroatoms. The number of carbonyl (C=O) groups is 2. The van der Waals surface area contributed by atoms with Crippen molar-refractivity contribution in [1.29, 1.82) is 0 Å². The normalized spacial score (nSPS) is 11.2. The van der Waals surface area contributed by atoms with Gasteiger partial charge in [0.1, 0.15) is 17.2 Å². The van der Waals surface area contributed by atoms with Crippen molar-refractivity contribution in [3.63, 3.8) is 0 Å². The van der Waals surface area contributed by atoms with Gasteiger partial charge in [0.05, 0.1) is 37.7 Å². The second-order valence-electron chi connectivity index (χ2n) is 11.9. The molecule has 3 aromatic carbocycles. The molecule has 5 rings (SSSR count). The van der Waals surface area contributed by atoms with Gasteiger partial charge in [-0.3, -0.25) is 9.78 Å². The molecule has 2 amide bonds. The SMILES string of the molecule is CCOc1cn(-c2ccc(F)cc2)nc1C(=O)Nc1ccc(Oc2ccnc3cc(OCCCNC(=O)OC(C)(C)C)c(OC)cc23)c(F)c1. The summed E-state index contributed by atoms with van der Waals surface area (Å²) in [7, 11) is 1.49. The van der Waals surface area contributed by atoms with Gasteiger partial charge < -0.3 is 34.3 Å². The molecule has 12 nitrogen and oxygen atoms in total. The number of aromatic nitrogens is 3. The number of alkyl carbamates (subject to hydrolysis) is 1. The maximum Gasteiger partial charge on any atom is 0.407 e. The molecule has 0 aliphatic rings. The highest BCUT2D eigenvalue weighted by Crippen LogP contribution is 2.38. The van der Waals surface area contributed by atoms with E-state index >= 15 is 4.39 Å². The maximum absolute atomic E-state index is 15.3. The van der Waals surface area contributed by atoms with Crippen LogP contribution in [0.1, 0.15) is 44.6 Å². The van der Waals surface area contributed by atoms with E-state index in [2.05, 4.69) is 20.7 Å². The molecule has 0 aliphatic heterocycles. The molecule has 0 radical (unpaired) electrons. The predicted molar refractivity (Wildman–Crippen MR) is 182 cm³/mol. The van der Waals surface area contributed by atoms with E-state index in [1.54, 1.807) is 45.9 Å². The van der Waals surface area contributed by atoms with Gasteiger partial charge in [0.25, 0.3) is 5.91 Å². The van der Waals surface area contributed by atoms with Gasteiger partial charge in [0, 0.05) is 35.9 Å². The molecule has 2 aromatic heterocycles. The minimum Gasteiger partial charge on any atom is -0.493 e. The number of rotatable bonds is 13. The highest BCUT2D eigenvalue weighted by molar-refractivity contribution is 6.04. The van der Waals surface area contributed by atoms with E-state index in [0.717, 1.165) is 6.07 Å². The van der Waals surface area contributed by atoms with Crippen LogP contribution in [0.4, 0.5) is 19.3 Å². The van der Waals surface area contributed by atoms with Gasteiger partial charge in [-0.15, -0.1) is 0 Å². The van der Waals surface area contributed by atoms with Crippen molar-refractivity contribution >= 4 is 28.6 Å². The maximum atomic E-state index is 15.3. The van der Waals surface area contributed by atoms with E-state index in [0.29, 0.717) is 46.8 Å². The summed E-state index contributed by atoms with van der Waals surface area (Å²) in [6.07, 6.45) is 3.04. The quantitative estimate of drug-likeness (QED) is 0.121. The van der Waals surface area contributed by atoms with Gasteiger partial charge in [-0.05, 0) is 82.6 Å². The number of fused-ring (bicyclic) bond motifs is 1. The lowest BCUT2D eigenvalue weighted by Gasteiger charge is -2.19. The fourth-order valence-electron chi connectivity index (χ4n) is 4.72. The fraction of sp³-hybridized carbons (Fsp3) is 0.278. The summed E-state index contributed by atoms with van der Waals surface area (Å²) in [6, 6.07) is 14.5. The van der Waals surface area contributed by atoms with Crippen molar-refractivity contribution in [3.05, 3.63) is 90.4 Å². The van der Waals surface area contributed by atoms with Crippen LogP contribution in [-0.4, -0.2) is 59.2 Å². The summed E-state index contributed by atoms with van der Waals surface area (Å²) in [5, 5.41) is 10.2. The van der Waals surface area contributed by atoms with Crippen LogP contribution in [-0.2, 0) is 4.74 Å². The molecule has 0 saturated heterocycles. The number of methoxy groups -OCH3 is 1. The van der Waals surface area contributed by atoms with E-state index in [1.807, 2.05) is 0 Å². The Balaban J connectivity index is 1.26.